The summed E-state index contributed by atoms with van der Waals surface area (Å²) in [6.07, 6.45) is 4.68. The summed E-state index contributed by atoms with van der Waals surface area (Å²) >= 11 is 0. The number of piperidine rings is 1. The maximum absolute atomic E-state index is 9.98. The summed E-state index contributed by atoms with van der Waals surface area (Å²) in [5, 5.41) is 13.6. The number of nitrogens with zero attached hydrogens (tertiary/aromatic N) is 1. The first-order chi connectivity index (χ1) is 15.9. The van der Waals surface area contributed by atoms with Gasteiger partial charge in [0.05, 0.1) is 7.11 Å². The average molecular weight is 455 g/mol. The van der Waals surface area contributed by atoms with Gasteiger partial charge in [-0.1, -0.05) is 45.0 Å². The highest BCUT2D eigenvalue weighted by Crippen LogP contribution is 2.40. The van der Waals surface area contributed by atoms with Gasteiger partial charge in [-0.3, -0.25) is 0 Å². The molecule has 1 aliphatic heterocycles. The summed E-state index contributed by atoms with van der Waals surface area (Å²) in [7, 11) is 1.61. The topological polar surface area (TPSA) is 54.0 Å². The van der Waals surface area contributed by atoms with Crippen LogP contribution in [-0.4, -0.2) is 55.9 Å². The number of nitrogens with one attached hydrogen (secondary N) is 1. The Morgan fingerprint density at radius 1 is 1.12 bits per heavy atom. The molecule has 0 radical (unpaired) electrons. The van der Waals surface area contributed by atoms with E-state index in [1.54, 1.807) is 13.2 Å². The van der Waals surface area contributed by atoms with Crippen LogP contribution in [0, 0.1) is 5.92 Å². The van der Waals surface area contributed by atoms with Gasteiger partial charge in [0, 0.05) is 12.6 Å². The predicted molar refractivity (Wildman–Crippen MR) is 135 cm³/mol. The zero-order valence-electron chi connectivity index (χ0n) is 20.8. The van der Waals surface area contributed by atoms with E-state index < -0.39 is 0 Å². The lowest BCUT2D eigenvalue weighted by molar-refractivity contribution is 0.181. The number of hydrogen-bond donors (Lipinski definition) is 2. The molecule has 1 saturated heterocycles. The molecule has 2 aromatic rings. The van der Waals surface area contributed by atoms with Crippen LogP contribution >= 0.6 is 0 Å². The number of methoxy groups -OCH3 is 1. The lowest BCUT2D eigenvalue weighted by Crippen LogP contribution is -2.44. The summed E-state index contributed by atoms with van der Waals surface area (Å²) < 4.78 is 11.1. The van der Waals surface area contributed by atoms with Crippen molar-refractivity contribution in [2.75, 3.05) is 39.9 Å². The third kappa shape index (κ3) is 7.12. The quantitative estimate of drug-likeness (QED) is 0.430. The van der Waals surface area contributed by atoms with Crippen molar-refractivity contribution >= 4 is 0 Å². The first-order valence-corrected chi connectivity index (χ1v) is 12.4. The molecule has 0 aromatic heterocycles. The molecule has 2 aromatic carbocycles. The lowest BCUT2D eigenvalue weighted by atomic mass is 9.70. The van der Waals surface area contributed by atoms with E-state index >= 15 is 0 Å². The zero-order chi connectivity index (χ0) is 23.7. The SMILES string of the molecule is COc1cc(C(C)(CCCN2CCC(NCCOc3ccccc3)CC2)C(C)C)ccc1O. The smallest absolute Gasteiger partial charge is 0.160 e. The van der Waals surface area contributed by atoms with Crippen LogP contribution in [-0.2, 0) is 5.41 Å². The fraction of sp³-hybridized carbons (Fsp3) is 0.571. The van der Waals surface area contributed by atoms with Crippen molar-refractivity contribution in [1.29, 1.82) is 0 Å². The standard InChI is InChI=1S/C28H42N2O3/c1-22(2)28(3,23-11-12-26(31)27(21-23)32-4)15-8-17-30-18-13-24(14-19-30)29-16-20-33-25-9-6-5-7-10-25/h5-7,9-12,21-22,24,29,31H,8,13-20H2,1-4H3. The highest BCUT2D eigenvalue weighted by atomic mass is 16.5. The van der Waals surface area contributed by atoms with Crippen LogP contribution < -0.4 is 14.8 Å². The van der Waals surface area contributed by atoms with E-state index in [1.807, 2.05) is 36.4 Å². The first-order valence-electron chi connectivity index (χ1n) is 12.4. The Morgan fingerprint density at radius 2 is 1.85 bits per heavy atom. The van der Waals surface area contributed by atoms with Gasteiger partial charge < -0.3 is 24.8 Å². The van der Waals surface area contributed by atoms with Crippen molar-refractivity contribution in [1.82, 2.24) is 10.2 Å². The molecule has 1 aliphatic rings. The van der Waals surface area contributed by atoms with Gasteiger partial charge in [-0.2, -0.15) is 0 Å². The van der Waals surface area contributed by atoms with Crippen LogP contribution in [0.1, 0.15) is 52.0 Å². The van der Waals surface area contributed by atoms with E-state index in [-0.39, 0.29) is 11.2 Å². The number of phenolic OH excluding ortho intramolecular Hbond substituents is 1. The van der Waals surface area contributed by atoms with Crippen LogP contribution in [0.25, 0.3) is 0 Å². The van der Waals surface area contributed by atoms with Crippen molar-refractivity contribution in [2.24, 2.45) is 5.92 Å². The summed E-state index contributed by atoms with van der Waals surface area (Å²) in [5.41, 5.74) is 1.30. The molecule has 0 spiro atoms. The minimum Gasteiger partial charge on any atom is -0.504 e. The lowest BCUT2D eigenvalue weighted by Gasteiger charge is -2.37. The van der Waals surface area contributed by atoms with Gasteiger partial charge >= 0.3 is 0 Å². The van der Waals surface area contributed by atoms with E-state index in [0.29, 0.717) is 24.3 Å². The molecule has 2 N–H and O–H groups in total. The Bertz CT molecular complexity index is 834. The normalized spacial score (nSPS) is 17.1. The second-order valence-corrected chi connectivity index (χ2v) is 9.79. The van der Waals surface area contributed by atoms with Gasteiger partial charge in [-0.15, -0.1) is 0 Å². The Balaban J connectivity index is 1.38. The fourth-order valence-electron chi connectivity index (χ4n) is 4.78. The summed E-state index contributed by atoms with van der Waals surface area (Å²) in [5.74, 6) is 2.20. The van der Waals surface area contributed by atoms with Crippen LogP contribution in [0.15, 0.2) is 48.5 Å². The van der Waals surface area contributed by atoms with E-state index in [2.05, 4.69) is 37.1 Å². The van der Waals surface area contributed by atoms with Crippen molar-refractivity contribution in [3.05, 3.63) is 54.1 Å². The Hall–Kier alpha value is -2.24. The number of rotatable bonds is 12. The van der Waals surface area contributed by atoms with Gasteiger partial charge in [0.1, 0.15) is 12.4 Å². The molecular weight excluding hydrogens is 412 g/mol. The molecule has 1 unspecified atom stereocenters. The number of aromatic hydroxyl groups is 1. The highest BCUT2D eigenvalue weighted by Gasteiger charge is 2.31. The maximum atomic E-state index is 9.98. The molecule has 182 valence electrons. The van der Waals surface area contributed by atoms with Crippen LogP contribution in [0.4, 0.5) is 0 Å². The van der Waals surface area contributed by atoms with Crippen LogP contribution in [0.3, 0.4) is 0 Å². The van der Waals surface area contributed by atoms with E-state index in [0.717, 1.165) is 38.3 Å². The Kier molecular flexibility index (Phi) is 9.45. The third-order valence-corrected chi connectivity index (χ3v) is 7.42. The molecule has 5 heteroatoms. The monoisotopic (exact) mass is 454 g/mol. The van der Waals surface area contributed by atoms with E-state index in [4.69, 9.17) is 9.47 Å². The largest absolute Gasteiger partial charge is 0.504 e. The number of likely N-dealkylation sites (tertiary alicyclic amines) is 1. The maximum Gasteiger partial charge on any atom is 0.160 e. The predicted octanol–water partition coefficient (Wildman–Crippen LogP) is 5.23. The number of phenols is 1. The number of ether oxygens (including phenoxy) is 2. The fourth-order valence-corrected chi connectivity index (χ4v) is 4.78. The second kappa shape index (κ2) is 12.3. The summed E-state index contributed by atoms with van der Waals surface area (Å²) in [6, 6.07) is 16.4. The van der Waals surface area contributed by atoms with Gasteiger partial charge in [0.2, 0.25) is 0 Å². The summed E-state index contributed by atoms with van der Waals surface area (Å²) in [6.45, 7) is 12.0. The average Bonchev–Trinajstić information content (AvgIpc) is 2.83. The zero-order valence-corrected chi connectivity index (χ0v) is 20.8. The molecule has 5 nitrogen and oxygen atoms in total. The molecule has 0 aliphatic carbocycles. The van der Waals surface area contributed by atoms with Crippen molar-refractivity contribution < 1.29 is 14.6 Å². The number of hydrogen-bond acceptors (Lipinski definition) is 5. The minimum absolute atomic E-state index is 0.0552. The molecule has 0 amide bonds. The molecule has 0 bridgehead atoms. The molecule has 3 rings (SSSR count). The van der Waals surface area contributed by atoms with Crippen LogP contribution in [0.5, 0.6) is 17.2 Å². The molecule has 0 saturated carbocycles. The van der Waals surface area contributed by atoms with Crippen LogP contribution in [0.2, 0.25) is 0 Å². The summed E-state index contributed by atoms with van der Waals surface area (Å²) in [4.78, 5) is 2.61. The van der Waals surface area contributed by atoms with Gasteiger partial charge in [0.25, 0.3) is 0 Å². The van der Waals surface area contributed by atoms with E-state index in [9.17, 15) is 5.11 Å². The number of benzene rings is 2. The second-order valence-electron chi connectivity index (χ2n) is 9.79. The first kappa shape index (κ1) is 25.4. The van der Waals surface area contributed by atoms with Crippen molar-refractivity contribution in [3.63, 3.8) is 0 Å². The molecule has 1 atom stereocenters. The molecule has 1 heterocycles. The van der Waals surface area contributed by atoms with Gasteiger partial charge in [-0.25, -0.2) is 0 Å². The molecular formula is C28H42N2O3. The van der Waals surface area contributed by atoms with E-state index in [1.165, 1.54) is 24.8 Å². The van der Waals surface area contributed by atoms with Crippen molar-refractivity contribution in [2.45, 2.75) is 57.9 Å². The Labute approximate surface area is 200 Å². The minimum atomic E-state index is 0.0552. The van der Waals surface area contributed by atoms with Crippen molar-refractivity contribution in [3.8, 4) is 17.2 Å². The molecule has 1 fully saturated rings. The highest BCUT2D eigenvalue weighted by molar-refractivity contribution is 5.44. The molecule has 33 heavy (non-hydrogen) atoms. The van der Waals surface area contributed by atoms with Gasteiger partial charge in [0.15, 0.2) is 11.5 Å². The van der Waals surface area contributed by atoms with Gasteiger partial charge in [-0.05, 0) is 86.5 Å². The number of para-hydroxylation sites is 1. The third-order valence-electron chi connectivity index (χ3n) is 7.42. The Morgan fingerprint density at radius 3 is 2.52 bits per heavy atom.